The summed E-state index contributed by atoms with van der Waals surface area (Å²) in [7, 11) is -4.09. The van der Waals surface area contributed by atoms with Crippen molar-refractivity contribution >= 4 is 10.1 Å². The summed E-state index contributed by atoms with van der Waals surface area (Å²) in [6.45, 7) is 2.56. The summed E-state index contributed by atoms with van der Waals surface area (Å²) >= 11 is 0. The van der Waals surface area contributed by atoms with Crippen LogP contribution in [0.15, 0.2) is 17.2 Å². The molecule has 1 N–H and O–H groups in total. The minimum Gasteiger partial charge on any atom is -0.404 e. The zero-order valence-electron chi connectivity index (χ0n) is 11.0. The second-order valence-electron chi connectivity index (χ2n) is 4.54. The van der Waals surface area contributed by atoms with E-state index in [1.807, 2.05) is 0 Å². The Kier molecular flexibility index (Phi) is 4.40. The Balaban J connectivity index is 2.10. The van der Waals surface area contributed by atoms with Crippen LogP contribution in [-0.4, -0.2) is 39.5 Å². The van der Waals surface area contributed by atoms with Crippen LogP contribution in [0.2, 0.25) is 0 Å². The summed E-state index contributed by atoms with van der Waals surface area (Å²) < 4.78 is 68.6. The number of nitrogens with zero attached hydrogens (tertiary/aromatic N) is 1. The fraction of sp³-hybridized carbons (Fsp3) is 0.545. The van der Waals surface area contributed by atoms with E-state index in [4.69, 9.17) is 4.18 Å². The molecule has 1 aromatic rings. The highest BCUT2D eigenvalue weighted by molar-refractivity contribution is 7.86. The van der Waals surface area contributed by atoms with Gasteiger partial charge in [-0.1, -0.05) is 0 Å². The van der Waals surface area contributed by atoms with Crippen LogP contribution >= 0.6 is 0 Å². The van der Waals surface area contributed by atoms with E-state index in [1.54, 1.807) is 0 Å². The van der Waals surface area contributed by atoms with Gasteiger partial charge in [-0.25, -0.2) is 4.98 Å². The Hall–Kier alpha value is -1.39. The van der Waals surface area contributed by atoms with Gasteiger partial charge in [-0.15, -0.1) is 13.2 Å². The molecule has 0 amide bonds. The predicted octanol–water partition coefficient (Wildman–Crippen LogP) is 1.21. The van der Waals surface area contributed by atoms with Crippen LogP contribution in [0.1, 0.15) is 5.69 Å². The molecule has 1 saturated heterocycles. The SMILES string of the molecule is Cc1nc(S(=O)(=O)OCC2CNC2)ccc1OC(F)(F)F. The molecule has 2 heterocycles. The molecule has 0 bridgehead atoms. The Morgan fingerprint density at radius 2 is 2.05 bits per heavy atom. The summed E-state index contributed by atoms with van der Waals surface area (Å²) in [5.41, 5.74) is -0.192. The van der Waals surface area contributed by atoms with Crippen molar-refractivity contribution in [1.82, 2.24) is 10.3 Å². The summed E-state index contributed by atoms with van der Waals surface area (Å²) in [4.78, 5) is 3.60. The molecule has 6 nitrogen and oxygen atoms in total. The van der Waals surface area contributed by atoms with E-state index in [0.717, 1.165) is 12.1 Å². The lowest BCUT2D eigenvalue weighted by Crippen LogP contribution is -2.44. The van der Waals surface area contributed by atoms with Gasteiger partial charge < -0.3 is 10.1 Å². The number of hydrogen-bond acceptors (Lipinski definition) is 6. The van der Waals surface area contributed by atoms with E-state index >= 15 is 0 Å². The van der Waals surface area contributed by atoms with Crippen LogP contribution in [0.4, 0.5) is 13.2 Å². The van der Waals surface area contributed by atoms with Crippen LogP contribution in [0.25, 0.3) is 0 Å². The van der Waals surface area contributed by atoms with Gasteiger partial charge >= 0.3 is 16.5 Å². The van der Waals surface area contributed by atoms with Gasteiger partial charge in [0.25, 0.3) is 0 Å². The summed E-state index contributed by atoms with van der Waals surface area (Å²) in [6, 6.07) is 1.82. The van der Waals surface area contributed by atoms with Crippen molar-refractivity contribution in [3.63, 3.8) is 0 Å². The minimum atomic E-state index is -4.86. The molecule has 0 aromatic carbocycles. The van der Waals surface area contributed by atoms with Crippen LogP contribution in [0, 0.1) is 12.8 Å². The fourth-order valence-electron chi connectivity index (χ4n) is 1.61. The summed E-state index contributed by atoms with van der Waals surface area (Å²) in [6.07, 6.45) is -4.86. The lowest BCUT2D eigenvalue weighted by Gasteiger charge is -2.26. The zero-order valence-corrected chi connectivity index (χ0v) is 11.8. The third-order valence-corrected chi connectivity index (χ3v) is 4.00. The zero-order chi connectivity index (χ0) is 15.7. The third-order valence-electron chi connectivity index (χ3n) is 2.82. The van der Waals surface area contributed by atoms with Crippen molar-refractivity contribution < 1.29 is 30.5 Å². The standard InChI is InChI=1S/C11H13F3N2O4S/c1-7-9(20-11(12,13)14)2-3-10(16-7)21(17,18)19-6-8-4-15-5-8/h2-3,8,15H,4-6H2,1H3. The van der Waals surface area contributed by atoms with Gasteiger partial charge in [0.2, 0.25) is 0 Å². The molecule has 118 valence electrons. The highest BCUT2D eigenvalue weighted by Gasteiger charge is 2.32. The molecule has 1 fully saturated rings. The van der Waals surface area contributed by atoms with Crippen molar-refractivity contribution in [2.45, 2.75) is 18.3 Å². The highest BCUT2D eigenvalue weighted by atomic mass is 32.2. The molecule has 21 heavy (non-hydrogen) atoms. The number of aryl methyl sites for hydroxylation is 1. The topological polar surface area (TPSA) is 77.5 Å². The van der Waals surface area contributed by atoms with Crippen molar-refractivity contribution in [2.75, 3.05) is 19.7 Å². The second kappa shape index (κ2) is 5.78. The molecule has 0 spiro atoms. The molecular weight excluding hydrogens is 313 g/mol. The van der Waals surface area contributed by atoms with Crippen molar-refractivity contribution in [3.05, 3.63) is 17.8 Å². The highest BCUT2D eigenvalue weighted by Crippen LogP contribution is 2.26. The molecule has 1 aromatic heterocycles. The number of aromatic nitrogens is 1. The number of alkyl halides is 3. The maximum atomic E-state index is 12.1. The predicted molar refractivity (Wildman–Crippen MR) is 65.2 cm³/mol. The maximum Gasteiger partial charge on any atom is 0.573 e. The van der Waals surface area contributed by atoms with Gasteiger partial charge in [0.1, 0.15) is 0 Å². The molecule has 1 aliphatic rings. The molecule has 0 unspecified atom stereocenters. The van der Waals surface area contributed by atoms with Crippen LogP contribution in [0.3, 0.4) is 0 Å². The first-order valence-corrected chi connectivity index (χ1v) is 7.42. The Labute approximate surface area is 119 Å². The molecule has 10 heteroatoms. The Morgan fingerprint density at radius 1 is 1.38 bits per heavy atom. The lowest BCUT2D eigenvalue weighted by atomic mass is 10.1. The Morgan fingerprint density at radius 3 is 2.52 bits per heavy atom. The van der Waals surface area contributed by atoms with E-state index in [0.29, 0.717) is 13.1 Å². The largest absolute Gasteiger partial charge is 0.573 e. The van der Waals surface area contributed by atoms with E-state index in [2.05, 4.69) is 15.0 Å². The molecule has 0 atom stereocenters. The first-order chi connectivity index (χ1) is 9.67. The van der Waals surface area contributed by atoms with Gasteiger partial charge in [0.05, 0.1) is 12.3 Å². The molecule has 1 aliphatic heterocycles. The number of rotatable bonds is 5. The summed E-state index contributed by atoms with van der Waals surface area (Å²) in [5, 5.41) is 2.52. The number of ether oxygens (including phenoxy) is 1. The first-order valence-electron chi connectivity index (χ1n) is 6.01. The van der Waals surface area contributed by atoms with Gasteiger partial charge in [-0.3, -0.25) is 4.18 Å². The van der Waals surface area contributed by atoms with E-state index in [1.165, 1.54) is 6.92 Å². The number of hydrogen-bond donors (Lipinski definition) is 1. The minimum absolute atomic E-state index is 0.0108. The monoisotopic (exact) mass is 326 g/mol. The quantitative estimate of drug-likeness (QED) is 0.820. The van der Waals surface area contributed by atoms with Gasteiger partial charge in [0, 0.05) is 19.0 Å². The Bertz CT molecular complexity index is 614. The average molecular weight is 326 g/mol. The molecule has 0 aliphatic carbocycles. The van der Waals surface area contributed by atoms with E-state index in [-0.39, 0.29) is 18.2 Å². The van der Waals surface area contributed by atoms with Crippen molar-refractivity contribution in [2.24, 2.45) is 5.92 Å². The van der Waals surface area contributed by atoms with Gasteiger partial charge in [-0.05, 0) is 19.1 Å². The molecule has 2 rings (SSSR count). The summed E-state index contributed by atoms with van der Waals surface area (Å²) in [5.74, 6) is -0.446. The van der Waals surface area contributed by atoms with Crippen LogP contribution in [0.5, 0.6) is 5.75 Å². The second-order valence-corrected chi connectivity index (χ2v) is 6.11. The number of pyridine rings is 1. The maximum absolute atomic E-state index is 12.1. The molecule has 0 saturated carbocycles. The fourth-order valence-corrected chi connectivity index (χ4v) is 2.59. The van der Waals surface area contributed by atoms with Crippen LogP contribution in [-0.2, 0) is 14.3 Å². The normalized spacial score (nSPS) is 16.6. The third kappa shape index (κ3) is 4.29. The average Bonchev–Trinajstić information content (AvgIpc) is 2.27. The van der Waals surface area contributed by atoms with E-state index in [9.17, 15) is 21.6 Å². The number of halogens is 3. The molecular formula is C11H13F3N2O4S. The van der Waals surface area contributed by atoms with Crippen molar-refractivity contribution in [1.29, 1.82) is 0 Å². The smallest absolute Gasteiger partial charge is 0.404 e. The van der Waals surface area contributed by atoms with E-state index < -0.39 is 27.3 Å². The van der Waals surface area contributed by atoms with Gasteiger partial charge in [0.15, 0.2) is 10.8 Å². The van der Waals surface area contributed by atoms with Crippen molar-refractivity contribution in [3.8, 4) is 5.75 Å². The van der Waals surface area contributed by atoms with Crippen LogP contribution < -0.4 is 10.1 Å². The van der Waals surface area contributed by atoms with Gasteiger partial charge in [-0.2, -0.15) is 8.42 Å². The lowest BCUT2D eigenvalue weighted by molar-refractivity contribution is -0.275. The first kappa shape index (κ1) is 16.0. The molecule has 0 radical (unpaired) electrons. The number of nitrogens with one attached hydrogen (secondary N) is 1.